The van der Waals surface area contributed by atoms with Crippen LogP contribution in [-0.2, 0) is 0 Å². The van der Waals surface area contributed by atoms with Gasteiger partial charge in [-0.15, -0.1) is 11.3 Å². The molecule has 0 radical (unpaired) electrons. The van der Waals surface area contributed by atoms with E-state index in [0.29, 0.717) is 0 Å². The molecule has 0 atom stereocenters. The van der Waals surface area contributed by atoms with Crippen molar-refractivity contribution in [3.63, 3.8) is 0 Å². The number of thiophene rings is 1. The summed E-state index contributed by atoms with van der Waals surface area (Å²) in [6.07, 6.45) is 0. The number of rotatable bonds is 1. The SMILES string of the molecule is Cc1ccc([Si](C)(C)Cl)s1. The lowest BCUT2D eigenvalue weighted by atomic mass is 10.5. The highest BCUT2D eigenvalue weighted by molar-refractivity contribution is 7.39. The Balaban J connectivity index is 2.96. The molecule has 0 aromatic carbocycles. The van der Waals surface area contributed by atoms with E-state index in [1.807, 2.05) is 11.3 Å². The van der Waals surface area contributed by atoms with Crippen LogP contribution < -0.4 is 4.50 Å². The predicted molar refractivity (Wildman–Crippen MR) is 52.0 cm³/mol. The quantitative estimate of drug-likeness (QED) is 0.472. The Morgan fingerprint density at radius 2 is 2.00 bits per heavy atom. The van der Waals surface area contributed by atoms with E-state index in [1.54, 1.807) is 0 Å². The van der Waals surface area contributed by atoms with Gasteiger partial charge in [0.2, 0.25) is 0 Å². The van der Waals surface area contributed by atoms with Crippen LogP contribution in [0.5, 0.6) is 0 Å². The Kier molecular flexibility index (Phi) is 2.23. The van der Waals surface area contributed by atoms with E-state index >= 15 is 0 Å². The second-order valence-electron chi connectivity index (χ2n) is 2.88. The average Bonchev–Trinajstić information content (AvgIpc) is 2.11. The summed E-state index contributed by atoms with van der Waals surface area (Å²) >= 11 is 8.05. The second kappa shape index (κ2) is 2.68. The lowest BCUT2D eigenvalue weighted by Gasteiger charge is -2.08. The molecule has 0 saturated heterocycles. The summed E-state index contributed by atoms with van der Waals surface area (Å²) in [7, 11) is -1.52. The highest BCUT2D eigenvalue weighted by Gasteiger charge is 2.21. The van der Waals surface area contributed by atoms with Crippen molar-refractivity contribution >= 4 is 34.3 Å². The molecule has 0 aliphatic rings. The van der Waals surface area contributed by atoms with Gasteiger partial charge < -0.3 is 0 Å². The van der Waals surface area contributed by atoms with Crippen molar-refractivity contribution in [3.8, 4) is 0 Å². The molecule has 0 bridgehead atoms. The summed E-state index contributed by atoms with van der Waals surface area (Å²) in [5.41, 5.74) is 0. The Morgan fingerprint density at radius 3 is 2.20 bits per heavy atom. The van der Waals surface area contributed by atoms with Gasteiger partial charge in [-0.2, -0.15) is 11.1 Å². The molecular weight excluding hydrogens is 180 g/mol. The number of hydrogen-bond acceptors (Lipinski definition) is 1. The molecule has 1 aromatic heterocycles. The van der Waals surface area contributed by atoms with Crippen LogP contribution in [0, 0.1) is 6.92 Å². The molecule has 1 aromatic rings. The van der Waals surface area contributed by atoms with Gasteiger partial charge in [-0.1, -0.05) is 19.2 Å². The van der Waals surface area contributed by atoms with Gasteiger partial charge in [-0.25, -0.2) is 0 Å². The third kappa shape index (κ3) is 1.84. The minimum absolute atomic E-state index is 1.36. The van der Waals surface area contributed by atoms with Gasteiger partial charge in [0.25, 0.3) is 0 Å². The molecule has 0 unspecified atom stereocenters. The zero-order valence-corrected chi connectivity index (χ0v) is 9.01. The van der Waals surface area contributed by atoms with E-state index in [-0.39, 0.29) is 0 Å². The zero-order valence-electron chi connectivity index (χ0n) is 6.44. The monoisotopic (exact) mass is 190 g/mol. The van der Waals surface area contributed by atoms with Crippen molar-refractivity contribution in [2.45, 2.75) is 20.0 Å². The molecule has 0 aliphatic heterocycles. The third-order valence-electron chi connectivity index (χ3n) is 1.33. The molecule has 56 valence electrons. The molecule has 0 nitrogen and oxygen atoms in total. The summed E-state index contributed by atoms with van der Waals surface area (Å²) in [4.78, 5) is 1.36. The Hall–Kier alpha value is 0.207. The first-order chi connectivity index (χ1) is 4.50. The van der Waals surface area contributed by atoms with E-state index in [0.717, 1.165) is 0 Å². The first-order valence-corrected chi connectivity index (χ1v) is 8.09. The topological polar surface area (TPSA) is 0 Å². The lowest BCUT2D eigenvalue weighted by molar-refractivity contribution is 1.64. The van der Waals surface area contributed by atoms with Crippen molar-refractivity contribution in [2.75, 3.05) is 0 Å². The second-order valence-corrected chi connectivity index (χ2v) is 10.9. The third-order valence-corrected chi connectivity index (χ3v) is 6.26. The minimum Gasteiger partial charge on any atom is -0.161 e. The summed E-state index contributed by atoms with van der Waals surface area (Å²) < 4.78 is 1.38. The van der Waals surface area contributed by atoms with Crippen LogP contribution in [0.25, 0.3) is 0 Å². The molecular formula is C7H11ClSSi. The van der Waals surface area contributed by atoms with Crippen LogP contribution in [0.3, 0.4) is 0 Å². The standard InChI is InChI=1S/C7H11ClSSi/c1-6-4-5-7(9-6)10(2,3)8/h4-5H,1-3H3. The largest absolute Gasteiger partial charge is 0.191 e. The van der Waals surface area contributed by atoms with Crippen LogP contribution in [0.15, 0.2) is 12.1 Å². The van der Waals surface area contributed by atoms with Crippen LogP contribution in [0.2, 0.25) is 13.1 Å². The summed E-state index contributed by atoms with van der Waals surface area (Å²) in [6.45, 7) is 6.42. The number of halogens is 1. The van der Waals surface area contributed by atoms with Crippen LogP contribution in [-0.4, -0.2) is 7.38 Å². The van der Waals surface area contributed by atoms with Crippen molar-refractivity contribution in [2.24, 2.45) is 0 Å². The first kappa shape index (κ1) is 8.30. The Labute approximate surface area is 71.6 Å². The van der Waals surface area contributed by atoms with Crippen molar-refractivity contribution in [1.82, 2.24) is 0 Å². The summed E-state index contributed by atoms with van der Waals surface area (Å²) in [5.74, 6) is 0. The van der Waals surface area contributed by atoms with E-state index in [1.165, 1.54) is 9.38 Å². The fourth-order valence-electron chi connectivity index (χ4n) is 0.754. The summed E-state index contributed by atoms with van der Waals surface area (Å²) in [5, 5.41) is 0. The van der Waals surface area contributed by atoms with Crippen molar-refractivity contribution in [1.29, 1.82) is 0 Å². The Bertz CT molecular complexity index is 224. The van der Waals surface area contributed by atoms with Crippen LogP contribution >= 0.6 is 22.4 Å². The average molecular weight is 191 g/mol. The van der Waals surface area contributed by atoms with Crippen molar-refractivity contribution < 1.29 is 0 Å². The lowest BCUT2D eigenvalue weighted by Crippen LogP contribution is -2.31. The van der Waals surface area contributed by atoms with E-state index < -0.39 is 7.38 Å². The molecule has 1 rings (SSSR count). The van der Waals surface area contributed by atoms with Gasteiger partial charge >= 0.3 is 0 Å². The Morgan fingerprint density at radius 1 is 1.40 bits per heavy atom. The zero-order chi connectivity index (χ0) is 7.78. The van der Waals surface area contributed by atoms with E-state index in [9.17, 15) is 0 Å². The van der Waals surface area contributed by atoms with E-state index in [4.69, 9.17) is 11.1 Å². The minimum atomic E-state index is -1.52. The van der Waals surface area contributed by atoms with Gasteiger partial charge in [-0.3, -0.25) is 0 Å². The maximum atomic E-state index is 6.22. The molecule has 0 N–H and O–H groups in total. The molecule has 3 heteroatoms. The predicted octanol–water partition coefficient (Wildman–Crippen LogP) is 2.71. The maximum Gasteiger partial charge on any atom is 0.191 e. The molecule has 0 amide bonds. The molecule has 0 fully saturated rings. The fraction of sp³-hybridized carbons (Fsp3) is 0.429. The van der Waals surface area contributed by atoms with Gasteiger partial charge in [0, 0.05) is 9.38 Å². The van der Waals surface area contributed by atoms with Gasteiger partial charge in [0.15, 0.2) is 7.38 Å². The number of aryl methyl sites for hydroxylation is 1. The van der Waals surface area contributed by atoms with Gasteiger partial charge in [0.05, 0.1) is 0 Å². The highest BCUT2D eigenvalue weighted by atomic mass is 35.6. The van der Waals surface area contributed by atoms with Crippen molar-refractivity contribution in [3.05, 3.63) is 17.0 Å². The van der Waals surface area contributed by atoms with Crippen LogP contribution in [0.1, 0.15) is 4.88 Å². The highest BCUT2D eigenvalue weighted by Crippen LogP contribution is 2.14. The molecule has 0 spiro atoms. The normalized spacial score (nSPS) is 12.0. The van der Waals surface area contributed by atoms with E-state index in [2.05, 4.69) is 32.2 Å². The molecule has 0 aliphatic carbocycles. The first-order valence-electron chi connectivity index (χ1n) is 3.26. The van der Waals surface area contributed by atoms with Crippen LogP contribution in [0.4, 0.5) is 0 Å². The molecule has 1 heterocycles. The molecule has 10 heavy (non-hydrogen) atoms. The number of hydrogen-bond donors (Lipinski definition) is 0. The smallest absolute Gasteiger partial charge is 0.161 e. The molecule has 0 saturated carbocycles. The van der Waals surface area contributed by atoms with Gasteiger partial charge in [-0.05, 0) is 13.0 Å². The fourth-order valence-corrected chi connectivity index (χ4v) is 3.84. The maximum absolute atomic E-state index is 6.22. The van der Waals surface area contributed by atoms with Gasteiger partial charge in [0.1, 0.15) is 0 Å². The summed E-state index contributed by atoms with van der Waals surface area (Å²) in [6, 6.07) is 4.29.